The van der Waals surface area contributed by atoms with Gasteiger partial charge in [-0.25, -0.2) is 0 Å². The summed E-state index contributed by atoms with van der Waals surface area (Å²) in [7, 11) is 0. The molecule has 47 heavy (non-hydrogen) atoms. The van der Waals surface area contributed by atoms with Crippen LogP contribution >= 0.6 is 11.7 Å². The molecule has 0 aliphatic heterocycles. The van der Waals surface area contributed by atoms with Crippen LogP contribution in [0.2, 0.25) is 0 Å². The van der Waals surface area contributed by atoms with Crippen LogP contribution in [0.3, 0.4) is 0 Å². The molecule has 0 radical (unpaired) electrons. The van der Waals surface area contributed by atoms with E-state index in [2.05, 4.69) is 144 Å². The minimum Gasteiger partial charge on any atom is -0.174 e. The minimum absolute atomic E-state index is 0.0424. The van der Waals surface area contributed by atoms with Crippen LogP contribution in [-0.2, 0) is 0 Å². The zero-order valence-electron chi connectivity index (χ0n) is 30.2. The first kappa shape index (κ1) is 33.0. The highest BCUT2D eigenvalue weighted by atomic mass is 32.1. The second-order valence-electron chi connectivity index (χ2n) is 14.3. The van der Waals surface area contributed by atoms with E-state index < -0.39 is 0 Å². The first-order valence-electron chi connectivity index (χ1n) is 16.8. The van der Waals surface area contributed by atoms with Crippen molar-refractivity contribution in [3.8, 4) is 0 Å². The molecule has 236 valence electrons. The molecule has 1 aromatic heterocycles. The van der Waals surface area contributed by atoms with E-state index in [9.17, 15) is 0 Å². The predicted molar refractivity (Wildman–Crippen MR) is 209 cm³/mol. The molecule has 0 aliphatic carbocycles. The number of aromatic nitrogens is 2. The third kappa shape index (κ3) is 5.89. The second kappa shape index (κ2) is 12.6. The number of nitrogens with zero attached hydrogens (tertiary/aromatic N) is 2. The molecule has 0 N–H and O–H groups in total. The zero-order valence-corrected chi connectivity index (χ0v) is 31.0. The monoisotopic (exact) mass is 632 g/mol. The van der Waals surface area contributed by atoms with E-state index in [4.69, 9.17) is 8.75 Å². The molecule has 0 fully saturated rings. The summed E-state index contributed by atoms with van der Waals surface area (Å²) in [4.78, 5) is 0. The van der Waals surface area contributed by atoms with Crippen LogP contribution in [-0.4, -0.2) is 22.2 Å². The molecule has 0 saturated carbocycles. The van der Waals surface area contributed by atoms with Crippen molar-refractivity contribution in [1.82, 2.24) is 8.75 Å². The van der Waals surface area contributed by atoms with E-state index in [0.717, 1.165) is 11.0 Å². The molecule has 5 heteroatoms. The maximum Gasteiger partial charge on any atom is 0.245 e. The van der Waals surface area contributed by atoms with Gasteiger partial charge in [0.05, 0.1) is 22.8 Å². The number of rotatable bonds is 6. The largest absolute Gasteiger partial charge is 0.245 e. The first-order chi connectivity index (χ1) is 22.3. The second-order valence-corrected chi connectivity index (χ2v) is 14.8. The van der Waals surface area contributed by atoms with Crippen LogP contribution in [0.1, 0.15) is 66.8 Å². The van der Waals surface area contributed by atoms with E-state index in [1.54, 1.807) is 0 Å². The maximum absolute atomic E-state index is 5.12. The molecule has 0 spiro atoms. The van der Waals surface area contributed by atoms with Crippen molar-refractivity contribution in [2.75, 3.05) is 0 Å². The van der Waals surface area contributed by atoms with Crippen molar-refractivity contribution in [2.45, 2.75) is 83.1 Å². The van der Waals surface area contributed by atoms with Gasteiger partial charge in [-0.2, -0.15) is 8.75 Å². The molecule has 2 nitrogen and oxygen atoms in total. The summed E-state index contributed by atoms with van der Waals surface area (Å²) in [6.07, 6.45) is 0. The molecule has 0 saturated heterocycles. The number of aryl methyl sites for hydroxylation is 12. The van der Waals surface area contributed by atoms with Gasteiger partial charge in [-0.3, -0.25) is 0 Å². The normalized spacial score (nSPS) is 11.4. The molecule has 0 aliphatic rings. The summed E-state index contributed by atoms with van der Waals surface area (Å²) in [5, 5.41) is 0. The van der Waals surface area contributed by atoms with E-state index >= 15 is 0 Å². The Morgan fingerprint density at radius 2 is 0.574 bits per heavy atom. The summed E-state index contributed by atoms with van der Waals surface area (Å²) in [5.74, 6) is 0. The predicted octanol–water partition coefficient (Wildman–Crippen LogP) is 6.42. The molecule has 0 atom stereocenters. The van der Waals surface area contributed by atoms with Crippen LogP contribution in [0.15, 0.2) is 60.7 Å². The number of fused-ring (bicyclic) bond motifs is 1. The van der Waals surface area contributed by atoms with Crippen LogP contribution in [0.4, 0.5) is 0 Å². The Balaban J connectivity index is 1.70. The Morgan fingerprint density at radius 1 is 0.362 bits per heavy atom. The lowest BCUT2D eigenvalue weighted by atomic mass is 9.32. The lowest BCUT2D eigenvalue weighted by molar-refractivity contribution is 1.34. The summed E-state index contributed by atoms with van der Waals surface area (Å²) in [6, 6.07) is 23.4. The quantitative estimate of drug-likeness (QED) is 0.198. The fourth-order valence-electron chi connectivity index (χ4n) is 8.87. The smallest absolute Gasteiger partial charge is 0.174 e. The van der Waals surface area contributed by atoms with Gasteiger partial charge in [-0.15, -0.1) is 0 Å². The van der Waals surface area contributed by atoms with Crippen molar-refractivity contribution < 1.29 is 0 Å². The molecule has 6 rings (SSSR count). The van der Waals surface area contributed by atoms with Gasteiger partial charge in [0.25, 0.3) is 0 Å². The van der Waals surface area contributed by atoms with Crippen molar-refractivity contribution in [2.24, 2.45) is 0 Å². The van der Waals surface area contributed by atoms with Gasteiger partial charge in [0.1, 0.15) is 0 Å². The van der Waals surface area contributed by atoms with Crippen LogP contribution in [0.25, 0.3) is 11.0 Å². The Labute approximate surface area is 287 Å². The topological polar surface area (TPSA) is 25.8 Å². The number of hydrogen-bond donors (Lipinski definition) is 0. The molecular formula is C42H46B2N2S. The van der Waals surface area contributed by atoms with Gasteiger partial charge in [-0.05, 0) is 94.0 Å². The minimum atomic E-state index is 0.0424. The highest BCUT2D eigenvalue weighted by Crippen LogP contribution is 2.19. The standard InChI is InChI=1S/C42H46B2N2S/c1-23-15-27(5)37(28(6)16-23)43(38-29(7)17-24(2)18-30(38)8)35-13-14-36(42-41(35)45-47-46-42)44(39-31(9)19-25(3)20-32(39)10)40-33(11)21-26(4)22-34(40)12/h13-22H,1-12H3. The van der Waals surface area contributed by atoms with Crippen LogP contribution in [0, 0.1) is 83.1 Å². The third-order valence-corrected chi connectivity index (χ3v) is 10.7. The summed E-state index contributed by atoms with van der Waals surface area (Å²) in [6.45, 7) is 27.0. The highest BCUT2D eigenvalue weighted by Gasteiger charge is 2.35. The Kier molecular flexibility index (Phi) is 8.82. The molecular weight excluding hydrogens is 586 g/mol. The van der Waals surface area contributed by atoms with Gasteiger partial charge in [0.15, 0.2) is 0 Å². The molecule has 0 bridgehead atoms. The molecule has 0 amide bonds. The van der Waals surface area contributed by atoms with E-state index in [1.807, 2.05) is 0 Å². The third-order valence-electron chi connectivity index (χ3n) is 10.2. The van der Waals surface area contributed by atoms with Crippen LogP contribution in [0.5, 0.6) is 0 Å². The van der Waals surface area contributed by atoms with Crippen molar-refractivity contribution in [1.29, 1.82) is 0 Å². The van der Waals surface area contributed by atoms with Crippen molar-refractivity contribution in [3.05, 3.63) is 127 Å². The van der Waals surface area contributed by atoms with Crippen molar-refractivity contribution >= 4 is 69.0 Å². The first-order valence-corrected chi connectivity index (χ1v) is 17.6. The van der Waals surface area contributed by atoms with E-state index in [1.165, 1.54) is 111 Å². The molecule has 5 aromatic carbocycles. The Morgan fingerprint density at radius 3 is 0.787 bits per heavy atom. The highest BCUT2D eigenvalue weighted by molar-refractivity contribution is 7.03. The number of benzene rings is 5. The maximum atomic E-state index is 5.12. The SMILES string of the molecule is Cc1cc(C)c(B(c2c(C)cc(C)cc2C)c2ccc(B(c3c(C)cc(C)cc3C)c3c(C)cc(C)cc3C)c3nsnc23)c(C)c1. The Hall–Kier alpha value is -3.95. The van der Waals surface area contributed by atoms with Crippen LogP contribution < -0.4 is 32.8 Å². The van der Waals surface area contributed by atoms with Gasteiger partial charge in [-0.1, -0.05) is 149 Å². The fraction of sp³-hybridized carbons (Fsp3) is 0.286. The summed E-state index contributed by atoms with van der Waals surface area (Å²) in [5.41, 5.74) is 25.8. The molecule has 6 aromatic rings. The van der Waals surface area contributed by atoms with Crippen molar-refractivity contribution in [3.63, 3.8) is 0 Å². The lowest BCUT2D eigenvalue weighted by Gasteiger charge is -2.27. The van der Waals surface area contributed by atoms with E-state index in [-0.39, 0.29) is 13.4 Å². The lowest BCUT2D eigenvalue weighted by Crippen LogP contribution is -2.58. The number of hydrogen-bond acceptors (Lipinski definition) is 3. The zero-order chi connectivity index (χ0) is 33.9. The van der Waals surface area contributed by atoms with Gasteiger partial charge < -0.3 is 0 Å². The summed E-state index contributed by atoms with van der Waals surface area (Å²) < 4.78 is 10.2. The molecule has 1 heterocycles. The van der Waals surface area contributed by atoms with E-state index in [0.29, 0.717) is 0 Å². The van der Waals surface area contributed by atoms with Gasteiger partial charge >= 0.3 is 0 Å². The summed E-state index contributed by atoms with van der Waals surface area (Å²) >= 11 is 1.34. The molecule has 0 unspecified atom stereocenters. The van der Waals surface area contributed by atoms with Gasteiger partial charge in [0, 0.05) is 0 Å². The average Bonchev–Trinajstić information content (AvgIpc) is 3.44. The van der Waals surface area contributed by atoms with Gasteiger partial charge in [0.2, 0.25) is 13.4 Å². The average molecular weight is 633 g/mol. The Bertz CT molecular complexity index is 1830. The fourth-order valence-corrected chi connectivity index (χ4v) is 9.46.